The third-order valence-corrected chi connectivity index (χ3v) is 3.07. The van der Waals surface area contributed by atoms with E-state index in [0.29, 0.717) is 5.41 Å². The monoisotopic (exact) mass is 213 g/mol. The number of hydrogen-bond donors (Lipinski definition) is 0. The predicted molar refractivity (Wildman–Crippen MR) is 60.1 cm³/mol. The second kappa shape index (κ2) is 4.52. The summed E-state index contributed by atoms with van der Waals surface area (Å²) in [6.07, 6.45) is 3.28. The first-order valence-corrected chi connectivity index (χ1v) is 5.65. The molecule has 88 valence electrons. The molecule has 0 aromatic heterocycles. The number of nitrogens with zero attached hydrogens (tertiary/aromatic N) is 1. The van der Waals surface area contributed by atoms with Crippen molar-refractivity contribution >= 4 is 5.91 Å². The van der Waals surface area contributed by atoms with Crippen molar-refractivity contribution in [1.29, 1.82) is 0 Å². The van der Waals surface area contributed by atoms with Gasteiger partial charge in [0, 0.05) is 13.0 Å². The van der Waals surface area contributed by atoms with Crippen molar-refractivity contribution in [2.24, 2.45) is 17.3 Å². The van der Waals surface area contributed by atoms with Crippen molar-refractivity contribution < 1.29 is 9.63 Å². The highest BCUT2D eigenvalue weighted by Gasteiger charge is 2.37. The van der Waals surface area contributed by atoms with Crippen LogP contribution < -0.4 is 0 Å². The zero-order valence-electron chi connectivity index (χ0n) is 10.5. The van der Waals surface area contributed by atoms with Crippen LogP contribution in [-0.2, 0) is 9.63 Å². The maximum absolute atomic E-state index is 11.7. The molecule has 0 aromatic carbocycles. The number of carbonyl (C=O) groups is 1. The Morgan fingerprint density at radius 2 is 1.93 bits per heavy atom. The van der Waals surface area contributed by atoms with Gasteiger partial charge in [0.25, 0.3) is 0 Å². The van der Waals surface area contributed by atoms with Gasteiger partial charge in [-0.25, -0.2) is 5.06 Å². The maximum atomic E-state index is 11.7. The van der Waals surface area contributed by atoms with E-state index in [1.807, 2.05) is 0 Å². The molecule has 0 heterocycles. The first-order valence-electron chi connectivity index (χ1n) is 5.65. The van der Waals surface area contributed by atoms with Crippen molar-refractivity contribution in [3.63, 3.8) is 0 Å². The van der Waals surface area contributed by atoms with E-state index in [1.54, 1.807) is 7.05 Å². The van der Waals surface area contributed by atoms with Gasteiger partial charge >= 0.3 is 0 Å². The van der Waals surface area contributed by atoms with Gasteiger partial charge in [-0.15, -0.1) is 0 Å². The molecule has 1 amide bonds. The van der Waals surface area contributed by atoms with Crippen molar-refractivity contribution in [3.8, 4) is 0 Å². The number of rotatable bonds is 3. The minimum atomic E-state index is 0.127. The lowest BCUT2D eigenvalue weighted by atomic mass is 9.68. The molecule has 3 heteroatoms. The van der Waals surface area contributed by atoms with E-state index >= 15 is 0 Å². The standard InChI is InChI=1S/C12H23NO2/c1-12(2,3)8-9-6-10(7-9)11(14)13(4)15-5/h9-10H,6-8H2,1-5H3/t9-,10+. The molecule has 0 aliphatic heterocycles. The Labute approximate surface area is 92.7 Å². The summed E-state index contributed by atoms with van der Waals surface area (Å²) in [5, 5.41) is 1.35. The fourth-order valence-electron chi connectivity index (χ4n) is 2.32. The minimum absolute atomic E-state index is 0.127. The topological polar surface area (TPSA) is 29.5 Å². The van der Waals surface area contributed by atoms with Crippen LogP contribution in [0.2, 0.25) is 0 Å². The van der Waals surface area contributed by atoms with Crippen LogP contribution in [0.4, 0.5) is 0 Å². The summed E-state index contributed by atoms with van der Waals surface area (Å²) < 4.78 is 0. The van der Waals surface area contributed by atoms with Gasteiger partial charge in [0.15, 0.2) is 0 Å². The molecular weight excluding hydrogens is 190 g/mol. The van der Waals surface area contributed by atoms with Crippen LogP contribution in [-0.4, -0.2) is 25.1 Å². The van der Waals surface area contributed by atoms with Gasteiger partial charge in [-0.2, -0.15) is 0 Å². The van der Waals surface area contributed by atoms with Crippen LogP contribution in [0, 0.1) is 17.3 Å². The van der Waals surface area contributed by atoms with Crippen LogP contribution >= 0.6 is 0 Å². The quantitative estimate of drug-likeness (QED) is 0.674. The van der Waals surface area contributed by atoms with Crippen LogP contribution in [0.3, 0.4) is 0 Å². The Balaban J connectivity index is 2.29. The summed E-state index contributed by atoms with van der Waals surface area (Å²) in [6.45, 7) is 6.76. The molecule has 3 nitrogen and oxygen atoms in total. The third kappa shape index (κ3) is 3.49. The second-order valence-corrected chi connectivity index (χ2v) is 5.82. The Bertz CT molecular complexity index is 226. The molecule has 15 heavy (non-hydrogen) atoms. The predicted octanol–water partition coefficient (Wildman–Crippen LogP) is 2.47. The smallest absolute Gasteiger partial charge is 0.248 e. The van der Waals surface area contributed by atoms with Gasteiger partial charge < -0.3 is 0 Å². The number of hydrogen-bond acceptors (Lipinski definition) is 2. The van der Waals surface area contributed by atoms with Crippen LogP contribution in [0.25, 0.3) is 0 Å². The highest BCUT2D eigenvalue weighted by Crippen LogP contribution is 2.41. The fraction of sp³-hybridized carbons (Fsp3) is 0.917. The van der Waals surface area contributed by atoms with Gasteiger partial charge in [-0.1, -0.05) is 20.8 Å². The summed E-state index contributed by atoms with van der Waals surface area (Å²) in [6, 6.07) is 0. The van der Waals surface area contributed by atoms with E-state index in [2.05, 4.69) is 20.8 Å². The van der Waals surface area contributed by atoms with Crippen molar-refractivity contribution in [2.45, 2.75) is 40.0 Å². The summed E-state index contributed by atoms with van der Waals surface area (Å²) in [4.78, 5) is 16.6. The normalized spacial score (nSPS) is 25.9. The minimum Gasteiger partial charge on any atom is -0.275 e. The van der Waals surface area contributed by atoms with Crippen LogP contribution in [0.1, 0.15) is 40.0 Å². The van der Waals surface area contributed by atoms with E-state index in [4.69, 9.17) is 4.84 Å². The number of carbonyl (C=O) groups excluding carboxylic acids is 1. The fourth-order valence-corrected chi connectivity index (χ4v) is 2.32. The molecule has 0 atom stereocenters. The summed E-state index contributed by atoms with van der Waals surface area (Å²) in [7, 11) is 3.21. The summed E-state index contributed by atoms with van der Waals surface area (Å²) in [5.41, 5.74) is 0.381. The Hall–Kier alpha value is -0.570. The van der Waals surface area contributed by atoms with Crippen molar-refractivity contribution in [1.82, 2.24) is 5.06 Å². The third-order valence-electron chi connectivity index (χ3n) is 3.07. The zero-order valence-corrected chi connectivity index (χ0v) is 10.5. The van der Waals surface area contributed by atoms with Gasteiger partial charge in [0.2, 0.25) is 5.91 Å². The molecule has 1 aliphatic rings. The number of amides is 1. The Morgan fingerprint density at radius 3 is 2.33 bits per heavy atom. The van der Waals surface area contributed by atoms with Gasteiger partial charge in [0.1, 0.15) is 0 Å². The lowest BCUT2D eigenvalue weighted by Crippen LogP contribution is -2.40. The van der Waals surface area contributed by atoms with Crippen molar-refractivity contribution in [2.75, 3.05) is 14.2 Å². The molecule has 0 radical (unpaired) electrons. The molecule has 1 aliphatic carbocycles. The van der Waals surface area contributed by atoms with Gasteiger partial charge in [-0.3, -0.25) is 9.63 Å². The first kappa shape index (κ1) is 12.5. The molecule has 0 saturated heterocycles. The average Bonchev–Trinajstić information content (AvgIpc) is 2.06. The van der Waals surface area contributed by atoms with Crippen molar-refractivity contribution in [3.05, 3.63) is 0 Å². The molecule has 0 aromatic rings. The van der Waals surface area contributed by atoms with E-state index in [-0.39, 0.29) is 11.8 Å². The molecule has 1 fully saturated rings. The molecular formula is C12H23NO2. The van der Waals surface area contributed by atoms with E-state index in [1.165, 1.54) is 18.6 Å². The maximum Gasteiger partial charge on any atom is 0.248 e. The van der Waals surface area contributed by atoms with Crippen LogP contribution in [0.15, 0.2) is 0 Å². The number of hydroxylamine groups is 2. The summed E-state index contributed by atoms with van der Waals surface area (Å²) in [5.74, 6) is 1.05. The van der Waals surface area contributed by atoms with E-state index in [0.717, 1.165) is 18.8 Å². The zero-order chi connectivity index (χ0) is 11.6. The molecule has 0 unspecified atom stereocenters. The van der Waals surface area contributed by atoms with Crippen LogP contribution in [0.5, 0.6) is 0 Å². The van der Waals surface area contributed by atoms with Gasteiger partial charge in [-0.05, 0) is 30.6 Å². The molecule has 0 bridgehead atoms. The molecule has 1 rings (SSSR count). The lowest BCUT2D eigenvalue weighted by molar-refractivity contribution is -0.178. The van der Waals surface area contributed by atoms with E-state index < -0.39 is 0 Å². The summed E-state index contributed by atoms with van der Waals surface area (Å²) >= 11 is 0. The Kier molecular flexibility index (Phi) is 3.77. The first-order chi connectivity index (χ1) is 6.83. The second-order valence-electron chi connectivity index (χ2n) is 5.82. The average molecular weight is 213 g/mol. The lowest BCUT2D eigenvalue weighted by Gasteiger charge is -2.39. The highest BCUT2D eigenvalue weighted by atomic mass is 16.7. The molecule has 0 spiro atoms. The molecule has 1 saturated carbocycles. The Morgan fingerprint density at radius 1 is 1.40 bits per heavy atom. The SMILES string of the molecule is CON(C)C(=O)[C@H]1C[C@@H](CC(C)(C)C)C1. The molecule has 0 N–H and O–H groups in total. The van der Waals surface area contributed by atoms with E-state index in [9.17, 15) is 4.79 Å². The largest absolute Gasteiger partial charge is 0.275 e. The highest BCUT2D eigenvalue weighted by molar-refractivity contribution is 5.78. The van der Waals surface area contributed by atoms with Gasteiger partial charge in [0.05, 0.1) is 7.11 Å².